The van der Waals surface area contributed by atoms with Gasteiger partial charge in [0, 0.05) is 18.5 Å². The van der Waals surface area contributed by atoms with Crippen LogP contribution in [0.15, 0.2) is 36.7 Å². The first-order valence-electron chi connectivity index (χ1n) is 4.58. The van der Waals surface area contributed by atoms with Gasteiger partial charge in [0.2, 0.25) is 0 Å². The van der Waals surface area contributed by atoms with Crippen molar-refractivity contribution < 1.29 is 9.90 Å². The molecule has 0 fully saturated rings. The molecule has 0 aromatic carbocycles. The third kappa shape index (κ3) is 3.52. The first-order valence-corrected chi connectivity index (χ1v) is 4.58. The summed E-state index contributed by atoms with van der Waals surface area (Å²) in [6.07, 6.45) is 6.20. The molecule has 0 bridgehead atoms. The maximum absolute atomic E-state index is 10.4. The molecule has 0 aliphatic rings. The molecule has 0 saturated heterocycles. The first-order chi connectivity index (χ1) is 7.11. The van der Waals surface area contributed by atoms with E-state index in [1.165, 1.54) is 0 Å². The molecular formula is C11H14N2O2. The highest BCUT2D eigenvalue weighted by molar-refractivity contribution is 5.79. The maximum Gasteiger partial charge on any atom is 0.328 e. The number of hydrogen-bond donors (Lipinski definition) is 1. The van der Waals surface area contributed by atoms with Crippen molar-refractivity contribution >= 4 is 5.97 Å². The van der Waals surface area contributed by atoms with E-state index in [4.69, 9.17) is 5.11 Å². The zero-order chi connectivity index (χ0) is 11.3. The van der Waals surface area contributed by atoms with Gasteiger partial charge in [-0.3, -0.25) is 9.88 Å². The summed E-state index contributed by atoms with van der Waals surface area (Å²) in [6, 6.07) is 3.71. The standard InChI is InChI=1S/C11H14N2O2/c1-13(2)10(3-4-11(14)15)9-5-7-12-8-6-9/h3-8,10H,1-2H3,(H,14,15)/b4-3+. The Morgan fingerprint density at radius 1 is 1.47 bits per heavy atom. The minimum atomic E-state index is -0.934. The predicted octanol–water partition coefficient (Wildman–Crippen LogP) is 1.33. The van der Waals surface area contributed by atoms with Crippen molar-refractivity contribution in [2.24, 2.45) is 0 Å². The van der Waals surface area contributed by atoms with Crippen LogP contribution in [0.1, 0.15) is 11.6 Å². The van der Waals surface area contributed by atoms with E-state index in [0.717, 1.165) is 11.6 Å². The Morgan fingerprint density at radius 2 is 2.07 bits per heavy atom. The largest absolute Gasteiger partial charge is 0.478 e. The predicted molar refractivity (Wildman–Crippen MR) is 57.4 cm³/mol. The quantitative estimate of drug-likeness (QED) is 0.755. The molecule has 1 aromatic heterocycles. The average molecular weight is 206 g/mol. The molecule has 0 saturated carbocycles. The molecule has 1 heterocycles. The van der Waals surface area contributed by atoms with Crippen LogP contribution in [0.5, 0.6) is 0 Å². The van der Waals surface area contributed by atoms with Crippen LogP contribution in [-0.2, 0) is 4.79 Å². The summed E-state index contributed by atoms with van der Waals surface area (Å²) in [6.45, 7) is 0. The number of nitrogens with zero attached hydrogens (tertiary/aromatic N) is 2. The third-order valence-electron chi connectivity index (χ3n) is 2.03. The van der Waals surface area contributed by atoms with Crippen molar-refractivity contribution in [1.29, 1.82) is 0 Å². The van der Waals surface area contributed by atoms with Crippen LogP contribution in [0.2, 0.25) is 0 Å². The van der Waals surface area contributed by atoms with E-state index in [9.17, 15) is 4.79 Å². The van der Waals surface area contributed by atoms with Gasteiger partial charge in [0.1, 0.15) is 0 Å². The summed E-state index contributed by atoms with van der Waals surface area (Å²) in [5.74, 6) is -0.934. The molecule has 1 atom stereocenters. The van der Waals surface area contributed by atoms with E-state index in [1.54, 1.807) is 18.5 Å². The lowest BCUT2D eigenvalue weighted by Crippen LogP contribution is -2.18. The van der Waals surface area contributed by atoms with E-state index in [0.29, 0.717) is 0 Å². The monoisotopic (exact) mass is 206 g/mol. The fourth-order valence-corrected chi connectivity index (χ4v) is 1.32. The summed E-state index contributed by atoms with van der Waals surface area (Å²) in [4.78, 5) is 16.3. The van der Waals surface area contributed by atoms with E-state index in [-0.39, 0.29) is 6.04 Å². The average Bonchev–Trinajstić information content (AvgIpc) is 2.18. The van der Waals surface area contributed by atoms with Gasteiger partial charge in [-0.25, -0.2) is 4.79 Å². The molecule has 0 amide bonds. The van der Waals surface area contributed by atoms with E-state index >= 15 is 0 Å². The summed E-state index contributed by atoms with van der Waals surface area (Å²) in [7, 11) is 3.80. The van der Waals surface area contributed by atoms with Gasteiger partial charge in [-0.1, -0.05) is 6.08 Å². The molecular weight excluding hydrogens is 192 g/mol. The fourth-order valence-electron chi connectivity index (χ4n) is 1.32. The minimum Gasteiger partial charge on any atom is -0.478 e. The summed E-state index contributed by atoms with van der Waals surface area (Å²) in [5, 5.41) is 8.57. The number of carboxylic acid groups (broad SMARTS) is 1. The molecule has 1 rings (SSSR count). The topological polar surface area (TPSA) is 53.4 Å². The highest BCUT2D eigenvalue weighted by atomic mass is 16.4. The normalized spacial score (nSPS) is 13.3. The molecule has 0 aliphatic heterocycles. The highest BCUT2D eigenvalue weighted by Crippen LogP contribution is 2.18. The number of likely N-dealkylation sites (N-methyl/N-ethyl adjacent to an activating group) is 1. The molecule has 4 heteroatoms. The molecule has 0 spiro atoms. The summed E-state index contributed by atoms with van der Waals surface area (Å²) < 4.78 is 0. The van der Waals surface area contributed by atoms with Crippen molar-refractivity contribution in [3.8, 4) is 0 Å². The second kappa shape index (κ2) is 5.26. The maximum atomic E-state index is 10.4. The van der Waals surface area contributed by atoms with Crippen LogP contribution in [0.3, 0.4) is 0 Å². The fraction of sp³-hybridized carbons (Fsp3) is 0.273. The van der Waals surface area contributed by atoms with Crippen molar-refractivity contribution in [1.82, 2.24) is 9.88 Å². The van der Waals surface area contributed by atoms with Gasteiger partial charge < -0.3 is 5.11 Å². The molecule has 1 unspecified atom stereocenters. The molecule has 0 radical (unpaired) electrons. The number of carboxylic acids is 1. The lowest BCUT2D eigenvalue weighted by Gasteiger charge is -2.20. The Kier molecular flexibility index (Phi) is 4.00. The van der Waals surface area contributed by atoms with Crippen LogP contribution in [0, 0.1) is 0 Å². The number of rotatable bonds is 4. The van der Waals surface area contributed by atoms with Gasteiger partial charge in [-0.15, -0.1) is 0 Å². The first kappa shape index (κ1) is 11.4. The van der Waals surface area contributed by atoms with Crippen molar-refractivity contribution in [3.05, 3.63) is 42.2 Å². The second-order valence-corrected chi connectivity index (χ2v) is 3.39. The van der Waals surface area contributed by atoms with Gasteiger partial charge in [0.25, 0.3) is 0 Å². The smallest absolute Gasteiger partial charge is 0.328 e. The Hall–Kier alpha value is -1.68. The lowest BCUT2D eigenvalue weighted by molar-refractivity contribution is -0.131. The highest BCUT2D eigenvalue weighted by Gasteiger charge is 2.10. The van der Waals surface area contributed by atoms with Crippen LogP contribution >= 0.6 is 0 Å². The van der Waals surface area contributed by atoms with Gasteiger partial charge in [0.05, 0.1) is 6.04 Å². The lowest BCUT2D eigenvalue weighted by atomic mass is 10.1. The zero-order valence-corrected chi connectivity index (χ0v) is 8.79. The van der Waals surface area contributed by atoms with Crippen molar-refractivity contribution in [2.45, 2.75) is 6.04 Å². The Morgan fingerprint density at radius 3 is 2.53 bits per heavy atom. The van der Waals surface area contributed by atoms with Crippen molar-refractivity contribution in [2.75, 3.05) is 14.1 Å². The van der Waals surface area contributed by atoms with Crippen LogP contribution in [0.4, 0.5) is 0 Å². The SMILES string of the molecule is CN(C)C(/C=C/C(=O)O)c1ccncc1. The molecule has 4 nitrogen and oxygen atoms in total. The van der Waals surface area contributed by atoms with Crippen LogP contribution in [0.25, 0.3) is 0 Å². The minimum absolute atomic E-state index is 0.0379. The number of hydrogen-bond acceptors (Lipinski definition) is 3. The zero-order valence-electron chi connectivity index (χ0n) is 8.79. The summed E-state index contributed by atoms with van der Waals surface area (Å²) >= 11 is 0. The molecule has 1 aromatic rings. The molecule has 15 heavy (non-hydrogen) atoms. The summed E-state index contributed by atoms with van der Waals surface area (Å²) in [5.41, 5.74) is 1.02. The Balaban J connectivity index is 2.89. The Labute approximate surface area is 88.9 Å². The molecule has 1 N–H and O–H groups in total. The van der Waals surface area contributed by atoms with Crippen LogP contribution in [-0.4, -0.2) is 35.1 Å². The van der Waals surface area contributed by atoms with Gasteiger partial charge in [0.15, 0.2) is 0 Å². The van der Waals surface area contributed by atoms with Gasteiger partial charge >= 0.3 is 5.97 Å². The van der Waals surface area contributed by atoms with Crippen LogP contribution < -0.4 is 0 Å². The van der Waals surface area contributed by atoms with Gasteiger partial charge in [-0.2, -0.15) is 0 Å². The number of aromatic nitrogens is 1. The van der Waals surface area contributed by atoms with Crippen molar-refractivity contribution in [3.63, 3.8) is 0 Å². The molecule has 80 valence electrons. The number of carbonyl (C=O) groups is 1. The van der Waals surface area contributed by atoms with E-state index in [2.05, 4.69) is 4.98 Å². The van der Waals surface area contributed by atoms with E-state index in [1.807, 2.05) is 31.1 Å². The van der Waals surface area contributed by atoms with Gasteiger partial charge in [-0.05, 0) is 31.8 Å². The second-order valence-electron chi connectivity index (χ2n) is 3.39. The molecule has 0 aliphatic carbocycles. The third-order valence-corrected chi connectivity index (χ3v) is 2.03. The Bertz CT molecular complexity index is 347. The number of pyridine rings is 1. The number of aliphatic carboxylic acids is 1. The van der Waals surface area contributed by atoms with E-state index < -0.39 is 5.97 Å².